The molecular weight excluding hydrogens is 281 g/mol. The number of fused-ring (bicyclic) bond motifs is 1. The molecule has 4 nitrogen and oxygen atoms in total. The summed E-state index contributed by atoms with van der Waals surface area (Å²) < 4.78 is 20.6. The molecule has 22 heavy (non-hydrogen) atoms. The summed E-state index contributed by atoms with van der Waals surface area (Å²) in [6.45, 7) is 0. The molecule has 5 heteroatoms. The lowest BCUT2D eigenvalue weighted by Crippen LogP contribution is -1.88. The van der Waals surface area contributed by atoms with Crippen molar-refractivity contribution in [1.29, 1.82) is 0 Å². The maximum Gasteiger partial charge on any atom is 0.226 e. The quantitative estimate of drug-likeness (QED) is 0.560. The first kappa shape index (κ1) is 12.8. The predicted molar refractivity (Wildman–Crippen MR) is 81.6 cm³/mol. The first-order chi connectivity index (χ1) is 10.7. The fourth-order valence-electron chi connectivity index (χ4n) is 2.51. The molecule has 0 spiro atoms. The van der Waals surface area contributed by atoms with Crippen LogP contribution in [0.3, 0.4) is 0 Å². The lowest BCUT2D eigenvalue weighted by Gasteiger charge is -1.95. The van der Waals surface area contributed by atoms with Crippen LogP contribution in [0.2, 0.25) is 0 Å². The summed E-state index contributed by atoms with van der Waals surface area (Å²) in [5.74, 6) is 0.757. The highest BCUT2D eigenvalue weighted by Crippen LogP contribution is 2.30. The molecule has 0 fully saturated rings. The van der Waals surface area contributed by atoms with Crippen molar-refractivity contribution in [2.45, 2.75) is 0 Å². The number of aryl methyl sites for hydroxylation is 1. The average Bonchev–Trinajstić information content (AvgIpc) is 3.14. The Balaban J connectivity index is 1.82. The van der Waals surface area contributed by atoms with Crippen molar-refractivity contribution in [1.82, 2.24) is 14.8 Å². The van der Waals surface area contributed by atoms with Crippen LogP contribution in [0, 0.1) is 5.82 Å². The van der Waals surface area contributed by atoms with E-state index in [1.165, 1.54) is 12.1 Å². The lowest BCUT2D eigenvalue weighted by molar-refractivity contribution is 0.584. The molecule has 0 aliphatic carbocycles. The number of aromatic nitrogens is 3. The minimum atomic E-state index is -0.286. The normalized spacial score (nSPS) is 11.2. The third kappa shape index (κ3) is 1.98. The lowest BCUT2D eigenvalue weighted by atomic mass is 10.2. The summed E-state index contributed by atoms with van der Waals surface area (Å²) in [4.78, 5) is 4.27. The van der Waals surface area contributed by atoms with Crippen LogP contribution in [-0.2, 0) is 7.05 Å². The van der Waals surface area contributed by atoms with Gasteiger partial charge in [0, 0.05) is 18.0 Å². The number of oxazole rings is 1. The Hall–Kier alpha value is -2.95. The van der Waals surface area contributed by atoms with Gasteiger partial charge in [0.15, 0.2) is 5.76 Å². The van der Waals surface area contributed by atoms with E-state index in [0.717, 1.165) is 22.2 Å². The smallest absolute Gasteiger partial charge is 0.226 e. The molecule has 0 aliphatic rings. The van der Waals surface area contributed by atoms with Crippen LogP contribution in [0.1, 0.15) is 0 Å². The Labute approximate surface area is 125 Å². The van der Waals surface area contributed by atoms with E-state index < -0.39 is 0 Å². The van der Waals surface area contributed by atoms with Crippen molar-refractivity contribution in [2.75, 3.05) is 0 Å². The summed E-state index contributed by atoms with van der Waals surface area (Å²) in [6, 6.07) is 14.0. The number of para-hydroxylation sites is 1. The van der Waals surface area contributed by atoms with E-state index in [2.05, 4.69) is 10.1 Å². The van der Waals surface area contributed by atoms with Gasteiger partial charge >= 0.3 is 0 Å². The van der Waals surface area contributed by atoms with Gasteiger partial charge in [0.2, 0.25) is 5.89 Å². The van der Waals surface area contributed by atoms with Gasteiger partial charge in [0.25, 0.3) is 0 Å². The number of rotatable bonds is 2. The molecule has 2 heterocycles. The molecular formula is C17H12FN3O. The van der Waals surface area contributed by atoms with Gasteiger partial charge in [0.1, 0.15) is 11.5 Å². The Morgan fingerprint density at radius 2 is 1.82 bits per heavy atom. The van der Waals surface area contributed by atoms with Crippen molar-refractivity contribution in [2.24, 2.45) is 7.05 Å². The first-order valence-electron chi connectivity index (χ1n) is 6.86. The summed E-state index contributed by atoms with van der Waals surface area (Å²) in [5, 5.41) is 5.51. The van der Waals surface area contributed by atoms with Crippen molar-refractivity contribution in [3.05, 3.63) is 60.5 Å². The molecule has 0 N–H and O–H groups in total. The Morgan fingerprint density at radius 3 is 2.64 bits per heavy atom. The zero-order valence-corrected chi connectivity index (χ0v) is 11.8. The maximum absolute atomic E-state index is 13.0. The number of benzene rings is 2. The number of hydrogen-bond acceptors (Lipinski definition) is 3. The largest absolute Gasteiger partial charge is 0.434 e. The molecule has 0 aliphatic heterocycles. The van der Waals surface area contributed by atoms with Gasteiger partial charge in [-0.3, -0.25) is 4.68 Å². The molecule has 0 bridgehead atoms. The Morgan fingerprint density at radius 1 is 1.05 bits per heavy atom. The van der Waals surface area contributed by atoms with Crippen LogP contribution in [0.4, 0.5) is 4.39 Å². The molecule has 0 radical (unpaired) electrons. The second-order valence-corrected chi connectivity index (χ2v) is 5.03. The highest BCUT2D eigenvalue weighted by atomic mass is 19.1. The fraction of sp³-hybridized carbons (Fsp3) is 0.0588. The summed E-state index contributed by atoms with van der Waals surface area (Å²) in [6.07, 6.45) is 1.65. The van der Waals surface area contributed by atoms with E-state index in [9.17, 15) is 4.39 Å². The van der Waals surface area contributed by atoms with Crippen LogP contribution >= 0.6 is 0 Å². The van der Waals surface area contributed by atoms with Crippen LogP contribution in [-0.4, -0.2) is 14.8 Å². The Bertz CT molecular complexity index is 954. The van der Waals surface area contributed by atoms with Crippen molar-refractivity contribution >= 4 is 10.9 Å². The van der Waals surface area contributed by atoms with E-state index in [1.807, 2.05) is 36.0 Å². The monoisotopic (exact) mass is 293 g/mol. The van der Waals surface area contributed by atoms with Crippen molar-refractivity contribution in [3.63, 3.8) is 0 Å². The molecule has 108 valence electrons. The third-order valence-electron chi connectivity index (χ3n) is 3.59. The molecule has 0 atom stereocenters. The van der Waals surface area contributed by atoms with Crippen molar-refractivity contribution < 1.29 is 8.81 Å². The highest BCUT2D eigenvalue weighted by Gasteiger charge is 2.15. The summed E-state index contributed by atoms with van der Waals surface area (Å²) in [7, 11) is 1.89. The van der Waals surface area contributed by atoms with E-state index in [-0.39, 0.29) is 5.82 Å². The fourth-order valence-corrected chi connectivity index (χ4v) is 2.51. The number of nitrogens with zero attached hydrogens (tertiary/aromatic N) is 3. The van der Waals surface area contributed by atoms with Gasteiger partial charge < -0.3 is 4.42 Å². The molecule has 0 saturated heterocycles. The van der Waals surface area contributed by atoms with Crippen LogP contribution in [0.15, 0.2) is 59.1 Å². The second kappa shape index (κ2) is 4.80. The molecule has 2 aromatic heterocycles. The van der Waals surface area contributed by atoms with E-state index in [0.29, 0.717) is 11.7 Å². The van der Waals surface area contributed by atoms with E-state index in [1.54, 1.807) is 18.3 Å². The van der Waals surface area contributed by atoms with E-state index in [4.69, 9.17) is 4.42 Å². The maximum atomic E-state index is 13.0. The van der Waals surface area contributed by atoms with Gasteiger partial charge in [-0.05, 0) is 30.3 Å². The predicted octanol–water partition coefficient (Wildman–Crippen LogP) is 4.03. The first-order valence-corrected chi connectivity index (χ1v) is 6.86. The van der Waals surface area contributed by atoms with Gasteiger partial charge in [-0.1, -0.05) is 18.2 Å². The van der Waals surface area contributed by atoms with Crippen LogP contribution in [0.5, 0.6) is 0 Å². The van der Waals surface area contributed by atoms with Crippen molar-refractivity contribution in [3.8, 4) is 22.9 Å². The SMILES string of the molecule is Cn1nc(-c2cnc(-c3ccc(F)cc3)o2)c2ccccc21. The second-order valence-electron chi connectivity index (χ2n) is 5.03. The molecule has 0 amide bonds. The van der Waals surface area contributed by atoms with Crippen LogP contribution < -0.4 is 0 Å². The molecule has 4 aromatic rings. The molecule has 0 saturated carbocycles. The Kier molecular flexibility index (Phi) is 2.79. The third-order valence-corrected chi connectivity index (χ3v) is 3.59. The molecule has 2 aromatic carbocycles. The highest BCUT2D eigenvalue weighted by molar-refractivity contribution is 5.91. The number of hydrogen-bond donors (Lipinski definition) is 0. The number of halogens is 1. The molecule has 0 unspecified atom stereocenters. The zero-order chi connectivity index (χ0) is 15.1. The minimum Gasteiger partial charge on any atom is -0.434 e. The summed E-state index contributed by atoms with van der Waals surface area (Å²) in [5.41, 5.74) is 2.50. The molecule has 4 rings (SSSR count). The van der Waals surface area contributed by atoms with E-state index >= 15 is 0 Å². The van der Waals surface area contributed by atoms with Crippen LogP contribution in [0.25, 0.3) is 33.8 Å². The zero-order valence-electron chi connectivity index (χ0n) is 11.8. The minimum absolute atomic E-state index is 0.286. The topological polar surface area (TPSA) is 43.9 Å². The van der Waals surface area contributed by atoms with Gasteiger partial charge in [-0.15, -0.1) is 0 Å². The van der Waals surface area contributed by atoms with Gasteiger partial charge in [-0.25, -0.2) is 9.37 Å². The van der Waals surface area contributed by atoms with Gasteiger partial charge in [-0.2, -0.15) is 5.10 Å². The average molecular weight is 293 g/mol. The standard InChI is InChI=1S/C17H12FN3O/c1-21-14-5-3-2-4-13(14)16(20-21)15-10-19-17(22-15)11-6-8-12(18)9-7-11/h2-10H,1H3. The van der Waals surface area contributed by atoms with Gasteiger partial charge in [0.05, 0.1) is 11.7 Å². The summed E-state index contributed by atoms with van der Waals surface area (Å²) >= 11 is 0.